The van der Waals surface area contributed by atoms with E-state index in [1.54, 1.807) is 0 Å². The Morgan fingerprint density at radius 3 is 2.50 bits per heavy atom. The Labute approximate surface area is 84.4 Å². The second-order valence-electron chi connectivity index (χ2n) is 4.86. The average molecular weight is 201 g/mol. The minimum atomic E-state index is -0.996. The number of rotatable bonds is 1. The van der Waals surface area contributed by atoms with E-state index in [4.69, 9.17) is 5.73 Å². The van der Waals surface area contributed by atoms with Crippen LogP contribution in [0.25, 0.3) is 0 Å². The molecule has 1 aliphatic carbocycles. The van der Waals surface area contributed by atoms with E-state index >= 15 is 0 Å². The number of ether oxygens (including phenoxy) is 1. The summed E-state index contributed by atoms with van der Waals surface area (Å²) in [4.78, 5) is 11.4. The summed E-state index contributed by atoms with van der Waals surface area (Å²) in [5.74, 6) is -0.424. The number of nitrogens with two attached hydrogens (primary N) is 1. The number of hydrogen-bond donors (Lipinski definition) is 2. The maximum absolute atomic E-state index is 11.4. The van der Waals surface area contributed by atoms with Gasteiger partial charge in [-0.15, -0.1) is 0 Å². The van der Waals surface area contributed by atoms with Crippen LogP contribution < -0.4 is 5.73 Å². The SMILES string of the molecule is COC(=O)C1(N)CCC(C)(C)C(O)C1. The van der Waals surface area contributed by atoms with Gasteiger partial charge in [0.05, 0.1) is 13.2 Å². The monoisotopic (exact) mass is 201 g/mol. The fourth-order valence-electron chi connectivity index (χ4n) is 1.82. The minimum absolute atomic E-state index is 0.156. The first kappa shape index (κ1) is 11.5. The second-order valence-corrected chi connectivity index (χ2v) is 4.86. The topological polar surface area (TPSA) is 72.5 Å². The van der Waals surface area contributed by atoms with Gasteiger partial charge in [0.1, 0.15) is 5.54 Å². The van der Waals surface area contributed by atoms with Gasteiger partial charge in [-0.2, -0.15) is 0 Å². The van der Waals surface area contributed by atoms with Gasteiger partial charge in [0.25, 0.3) is 0 Å². The Morgan fingerprint density at radius 2 is 2.07 bits per heavy atom. The van der Waals surface area contributed by atoms with Crippen molar-refractivity contribution in [2.45, 2.75) is 44.8 Å². The summed E-state index contributed by atoms with van der Waals surface area (Å²) in [6.45, 7) is 3.96. The Kier molecular flexibility index (Phi) is 2.88. The van der Waals surface area contributed by atoms with E-state index in [1.807, 2.05) is 13.8 Å². The van der Waals surface area contributed by atoms with Crippen LogP contribution >= 0.6 is 0 Å². The molecule has 0 aromatic heterocycles. The lowest BCUT2D eigenvalue weighted by Gasteiger charge is -2.42. The number of aliphatic hydroxyl groups excluding tert-OH is 1. The van der Waals surface area contributed by atoms with E-state index in [2.05, 4.69) is 4.74 Å². The number of esters is 1. The second kappa shape index (κ2) is 3.51. The van der Waals surface area contributed by atoms with Crippen molar-refractivity contribution in [2.24, 2.45) is 11.1 Å². The molecule has 82 valence electrons. The third-order valence-electron chi connectivity index (χ3n) is 3.27. The summed E-state index contributed by atoms with van der Waals surface area (Å²) in [7, 11) is 1.32. The van der Waals surface area contributed by atoms with E-state index in [0.717, 1.165) is 6.42 Å². The molecule has 14 heavy (non-hydrogen) atoms. The Balaban J connectivity index is 2.75. The van der Waals surface area contributed by atoms with Gasteiger partial charge in [-0.25, -0.2) is 0 Å². The molecule has 1 aliphatic rings. The van der Waals surface area contributed by atoms with Gasteiger partial charge in [-0.1, -0.05) is 13.8 Å². The van der Waals surface area contributed by atoms with Crippen LogP contribution in [0.4, 0.5) is 0 Å². The lowest BCUT2D eigenvalue weighted by atomic mass is 9.68. The summed E-state index contributed by atoms with van der Waals surface area (Å²) >= 11 is 0. The van der Waals surface area contributed by atoms with Gasteiger partial charge in [-0.3, -0.25) is 4.79 Å². The summed E-state index contributed by atoms with van der Waals surface area (Å²) < 4.78 is 4.63. The predicted molar refractivity (Wildman–Crippen MR) is 52.6 cm³/mol. The van der Waals surface area contributed by atoms with Crippen LogP contribution in [0.2, 0.25) is 0 Å². The standard InChI is InChI=1S/C10H19NO3/c1-9(2)4-5-10(11,6-7(9)12)8(13)14-3/h7,12H,4-6,11H2,1-3H3. The highest BCUT2D eigenvalue weighted by Crippen LogP contribution is 2.39. The summed E-state index contributed by atoms with van der Waals surface area (Å²) in [5.41, 5.74) is 4.74. The third-order valence-corrected chi connectivity index (χ3v) is 3.27. The third kappa shape index (κ3) is 1.91. The Hall–Kier alpha value is -0.610. The van der Waals surface area contributed by atoms with Crippen molar-refractivity contribution in [3.63, 3.8) is 0 Å². The number of methoxy groups -OCH3 is 1. The molecule has 0 aliphatic heterocycles. The molecule has 3 N–H and O–H groups in total. The van der Waals surface area contributed by atoms with Crippen LogP contribution in [0, 0.1) is 5.41 Å². The first-order valence-corrected chi connectivity index (χ1v) is 4.87. The van der Waals surface area contributed by atoms with Gasteiger partial charge in [-0.05, 0) is 18.3 Å². The van der Waals surface area contributed by atoms with Crippen molar-refractivity contribution in [2.75, 3.05) is 7.11 Å². The van der Waals surface area contributed by atoms with Crippen molar-refractivity contribution in [1.82, 2.24) is 0 Å². The molecule has 0 spiro atoms. The van der Waals surface area contributed by atoms with Crippen LogP contribution in [-0.4, -0.2) is 29.8 Å². The van der Waals surface area contributed by atoms with E-state index in [0.29, 0.717) is 6.42 Å². The molecule has 2 unspecified atom stereocenters. The molecule has 0 heterocycles. The first-order valence-electron chi connectivity index (χ1n) is 4.87. The molecule has 2 atom stereocenters. The van der Waals surface area contributed by atoms with Crippen molar-refractivity contribution in [1.29, 1.82) is 0 Å². The zero-order chi connectivity index (χ0) is 11.0. The van der Waals surface area contributed by atoms with E-state index in [-0.39, 0.29) is 11.8 Å². The Morgan fingerprint density at radius 1 is 1.50 bits per heavy atom. The maximum Gasteiger partial charge on any atom is 0.325 e. The van der Waals surface area contributed by atoms with Crippen LogP contribution in [0.3, 0.4) is 0 Å². The van der Waals surface area contributed by atoms with Crippen LogP contribution in [-0.2, 0) is 9.53 Å². The van der Waals surface area contributed by atoms with Crippen LogP contribution in [0.15, 0.2) is 0 Å². The first-order chi connectivity index (χ1) is 6.32. The number of carbonyl (C=O) groups excluding carboxylic acids is 1. The fraction of sp³-hybridized carbons (Fsp3) is 0.900. The van der Waals surface area contributed by atoms with Crippen LogP contribution in [0.5, 0.6) is 0 Å². The highest BCUT2D eigenvalue weighted by atomic mass is 16.5. The van der Waals surface area contributed by atoms with Gasteiger partial charge in [0.15, 0.2) is 0 Å². The van der Waals surface area contributed by atoms with E-state index < -0.39 is 17.6 Å². The number of hydrogen-bond acceptors (Lipinski definition) is 4. The molecule has 0 saturated heterocycles. The quantitative estimate of drug-likeness (QED) is 0.603. The van der Waals surface area contributed by atoms with Crippen LogP contribution in [0.1, 0.15) is 33.1 Å². The zero-order valence-electron chi connectivity index (χ0n) is 9.04. The fourth-order valence-corrected chi connectivity index (χ4v) is 1.82. The molecular weight excluding hydrogens is 182 g/mol. The van der Waals surface area contributed by atoms with Gasteiger partial charge >= 0.3 is 5.97 Å². The number of aliphatic hydroxyl groups is 1. The summed E-state index contributed by atoms with van der Waals surface area (Å²) in [6, 6.07) is 0. The molecule has 4 nitrogen and oxygen atoms in total. The van der Waals surface area contributed by atoms with Gasteiger partial charge in [0.2, 0.25) is 0 Å². The van der Waals surface area contributed by atoms with E-state index in [9.17, 15) is 9.90 Å². The average Bonchev–Trinajstić information content (AvgIpc) is 2.11. The highest BCUT2D eigenvalue weighted by Gasteiger charge is 2.46. The molecule has 0 bridgehead atoms. The predicted octanol–water partition coefficient (Wildman–Crippen LogP) is 0.428. The largest absolute Gasteiger partial charge is 0.468 e. The minimum Gasteiger partial charge on any atom is -0.468 e. The highest BCUT2D eigenvalue weighted by molar-refractivity contribution is 5.80. The van der Waals surface area contributed by atoms with Crippen molar-refractivity contribution in [3.05, 3.63) is 0 Å². The molecule has 1 fully saturated rings. The smallest absolute Gasteiger partial charge is 0.325 e. The molecule has 0 aromatic rings. The van der Waals surface area contributed by atoms with Crippen molar-refractivity contribution >= 4 is 5.97 Å². The zero-order valence-corrected chi connectivity index (χ0v) is 9.04. The number of carbonyl (C=O) groups is 1. The lowest BCUT2D eigenvalue weighted by molar-refractivity contribution is -0.152. The molecule has 1 saturated carbocycles. The van der Waals surface area contributed by atoms with E-state index in [1.165, 1.54) is 7.11 Å². The van der Waals surface area contributed by atoms with Gasteiger partial charge in [0, 0.05) is 6.42 Å². The molecule has 1 rings (SSSR count). The Bertz CT molecular complexity index is 240. The molecule has 0 amide bonds. The maximum atomic E-state index is 11.4. The van der Waals surface area contributed by atoms with Crippen molar-refractivity contribution in [3.8, 4) is 0 Å². The van der Waals surface area contributed by atoms with Gasteiger partial charge < -0.3 is 15.6 Å². The summed E-state index contributed by atoms with van der Waals surface area (Å²) in [6.07, 6.45) is 1.05. The lowest BCUT2D eigenvalue weighted by Crippen LogP contribution is -2.56. The molecule has 0 aromatic carbocycles. The molecular formula is C10H19NO3. The molecule has 4 heteroatoms. The van der Waals surface area contributed by atoms with Crippen molar-refractivity contribution < 1.29 is 14.6 Å². The summed E-state index contributed by atoms with van der Waals surface area (Å²) in [5, 5.41) is 9.83. The molecule has 0 radical (unpaired) electrons. The normalized spacial score (nSPS) is 36.5.